The van der Waals surface area contributed by atoms with Crippen molar-refractivity contribution >= 4 is 91.2 Å². The van der Waals surface area contributed by atoms with Crippen molar-refractivity contribution in [3.05, 3.63) is 89.6 Å². The molecule has 2 N–H and O–H groups in total. The van der Waals surface area contributed by atoms with E-state index >= 15 is 9.59 Å². The first-order valence-corrected chi connectivity index (χ1v) is 52.9. The van der Waals surface area contributed by atoms with Crippen LogP contribution in [0.15, 0.2) is 46.2 Å². The summed E-state index contributed by atoms with van der Waals surface area (Å²) in [7, 11) is 0. The van der Waals surface area contributed by atoms with Crippen molar-refractivity contribution in [1.82, 2.24) is 20.6 Å². The first kappa shape index (κ1) is 94.0. The minimum Gasteiger partial charge on any atom is -0.320 e. The molecule has 8 rings (SSSR count). The fraction of sp³-hybridized carbons (Fsp3) is 0.720. The van der Waals surface area contributed by atoms with E-state index in [0.29, 0.717) is 22.5 Å². The number of thiophene rings is 4. The topological polar surface area (TPSA) is 84.0 Å². The van der Waals surface area contributed by atoms with Gasteiger partial charge in [0.25, 0.3) is 11.8 Å². The maximum Gasteiger partial charge on any atom is 0.258 e. The number of fused-ring (bicyclic) bond motifs is 1. The molecule has 0 bridgehead atoms. The fourth-order valence-electron chi connectivity index (χ4n) is 17.2. The minimum atomic E-state index is -0.182. The summed E-state index contributed by atoms with van der Waals surface area (Å²) >= 11 is 11.2. The highest BCUT2D eigenvalue weighted by molar-refractivity contribution is 7.27. The van der Waals surface area contributed by atoms with Gasteiger partial charge in [0, 0.05) is 19.5 Å². The normalized spacial score (nSPS) is 13.1. The average Bonchev–Trinajstić information content (AvgIpc) is 1.57. The molecular weight excluding hydrogens is 1480 g/mol. The Balaban J connectivity index is 1.13. The molecule has 112 heavy (non-hydrogen) atoms. The largest absolute Gasteiger partial charge is 0.320 e. The average molecular weight is 1640 g/mol. The van der Waals surface area contributed by atoms with Crippen molar-refractivity contribution in [2.75, 3.05) is 0 Å². The van der Waals surface area contributed by atoms with Crippen molar-refractivity contribution in [2.45, 2.75) is 465 Å². The summed E-state index contributed by atoms with van der Waals surface area (Å²) in [6.45, 7) is 13.9. The zero-order valence-corrected chi connectivity index (χ0v) is 77.2. The van der Waals surface area contributed by atoms with E-state index in [1.807, 2.05) is 45.3 Å². The smallest absolute Gasteiger partial charge is 0.258 e. The Hall–Kier alpha value is -3.52. The van der Waals surface area contributed by atoms with Gasteiger partial charge in [-0.3, -0.25) is 9.59 Å². The molecular formula is C100H158N4O2S6. The van der Waals surface area contributed by atoms with Gasteiger partial charge in [-0.2, -0.15) is 0 Å². The molecule has 6 aromatic heterocycles. The second-order valence-electron chi connectivity index (χ2n) is 34.1. The Bertz CT molecular complexity index is 3310. The number of hydrogen-bond acceptors (Lipinski definition) is 10. The van der Waals surface area contributed by atoms with Gasteiger partial charge in [-0.25, -0.2) is 9.97 Å². The number of unbranched alkanes of at least 4 members (excludes halogenated alkanes) is 54. The van der Waals surface area contributed by atoms with Gasteiger partial charge in [-0.15, -0.1) is 68.0 Å². The molecule has 12 heteroatoms. The highest BCUT2D eigenvalue weighted by atomic mass is 32.1. The molecule has 8 heterocycles. The highest BCUT2D eigenvalue weighted by Gasteiger charge is 2.44. The standard InChI is InChI=1S/C100H158N4O2S6/c1-7-13-19-25-31-37-43-49-55-61-67-79-73-75-107-91(79)85-77-81(69-63-57-51-45-39-33-27-21-15-9-3)93(109-85)99-101-83(71-65-59-53-47-41-35-29-23-17-11-5)95(111-99)89-87-88(98(106)103-89)90(104-97(87)105)96-84(72-66-60-54-48-42-36-30-24-18-12-6)102-100(112-96)94-82(70-64-58-52-46-40-34-28-22-16-10-4)78-86(110-94)92-80(74-76-108-92)68-62-56-50-44-38-32-26-20-14-8-2/h73-78H,7-72H2,1-6H3,(H,103,106)(H,104,105). The van der Waals surface area contributed by atoms with E-state index < -0.39 is 0 Å². The maximum absolute atomic E-state index is 15.4. The van der Waals surface area contributed by atoms with Crippen LogP contribution < -0.4 is 10.6 Å². The van der Waals surface area contributed by atoms with Crippen LogP contribution in [-0.2, 0) is 48.1 Å². The molecule has 0 saturated heterocycles. The molecule has 0 saturated carbocycles. The van der Waals surface area contributed by atoms with Crippen molar-refractivity contribution in [2.24, 2.45) is 0 Å². The predicted octanol–water partition coefficient (Wildman–Crippen LogP) is 34.7. The van der Waals surface area contributed by atoms with Crippen molar-refractivity contribution in [3.8, 4) is 39.3 Å². The lowest BCUT2D eigenvalue weighted by atomic mass is 10.0. The monoisotopic (exact) mass is 1640 g/mol. The van der Waals surface area contributed by atoms with Gasteiger partial charge >= 0.3 is 0 Å². The molecule has 0 unspecified atom stereocenters. The van der Waals surface area contributed by atoms with Crippen molar-refractivity contribution in [3.63, 3.8) is 0 Å². The molecule has 0 fully saturated rings. The molecule has 0 aliphatic carbocycles. The number of carbonyl (C=O) groups excluding carboxylic acids is 2. The maximum atomic E-state index is 15.4. The lowest BCUT2D eigenvalue weighted by Crippen LogP contribution is -2.21. The summed E-state index contributed by atoms with van der Waals surface area (Å²) in [6, 6.07) is 9.92. The van der Waals surface area contributed by atoms with Gasteiger partial charge in [-0.05, 0) is 134 Å². The number of thiazole rings is 2. The van der Waals surface area contributed by atoms with Crippen LogP contribution in [0.25, 0.3) is 50.7 Å². The number of aromatic nitrogens is 2. The Labute approximate surface area is 709 Å². The molecule has 0 aromatic carbocycles. The Kier molecular flexibility index (Phi) is 49.0. The molecule has 626 valence electrons. The number of amides is 2. The van der Waals surface area contributed by atoms with Crippen LogP contribution in [0.5, 0.6) is 0 Å². The summed E-state index contributed by atoms with van der Waals surface area (Å²) in [5.74, 6) is -0.364. The Morgan fingerprint density at radius 1 is 0.250 bits per heavy atom. The number of nitrogens with one attached hydrogen (secondary N) is 2. The lowest BCUT2D eigenvalue weighted by molar-refractivity contribution is -0.117. The van der Waals surface area contributed by atoms with Crippen LogP contribution in [-0.4, -0.2) is 21.8 Å². The summed E-state index contributed by atoms with van der Waals surface area (Å²) in [4.78, 5) is 52.4. The van der Waals surface area contributed by atoms with E-state index in [-0.39, 0.29) is 11.8 Å². The van der Waals surface area contributed by atoms with E-state index in [2.05, 4.69) is 87.2 Å². The van der Waals surface area contributed by atoms with E-state index in [9.17, 15) is 0 Å². The van der Waals surface area contributed by atoms with Gasteiger partial charge in [-0.1, -0.05) is 388 Å². The number of nitrogens with zero attached hydrogens (tertiary/aromatic N) is 2. The molecule has 6 nitrogen and oxygen atoms in total. The highest BCUT2D eigenvalue weighted by Crippen LogP contribution is 2.50. The number of carbonyl (C=O) groups is 2. The molecule has 6 aromatic rings. The molecule has 2 aliphatic heterocycles. The molecule has 0 atom stereocenters. The molecule has 2 amide bonds. The van der Waals surface area contributed by atoms with Gasteiger partial charge in [0.05, 0.1) is 53.4 Å². The van der Waals surface area contributed by atoms with E-state index in [4.69, 9.17) is 9.97 Å². The van der Waals surface area contributed by atoms with Crippen LogP contribution in [0, 0.1) is 0 Å². The van der Waals surface area contributed by atoms with Crippen molar-refractivity contribution in [1.29, 1.82) is 0 Å². The molecule has 2 aliphatic rings. The molecule has 0 radical (unpaired) electrons. The lowest BCUT2D eigenvalue weighted by Gasteiger charge is -2.08. The first-order chi connectivity index (χ1) is 55.3. The van der Waals surface area contributed by atoms with Crippen LogP contribution in [0.1, 0.15) is 470 Å². The van der Waals surface area contributed by atoms with Crippen molar-refractivity contribution < 1.29 is 9.59 Å². The quantitative estimate of drug-likeness (QED) is 0.0373. The van der Waals surface area contributed by atoms with Gasteiger partial charge in [0.15, 0.2) is 0 Å². The van der Waals surface area contributed by atoms with E-state index in [0.717, 1.165) is 95.4 Å². The van der Waals surface area contributed by atoms with Crippen LogP contribution >= 0.6 is 68.0 Å². The Morgan fingerprint density at radius 3 is 0.723 bits per heavy atom. The van der Waals surface area contributed by atoms with E-state index in [1.54, 1.807) is 22.7 Å². The SMILES string of the molecule is CCCCCCCCCCCCc1ccsc1-c1cc(CCCCCCCCCCCC)c(-c2nc(CCCCCCCCCCCC)c(C3=C4C(=O)NC(c5sc(-c6sc(-c7sccc7CCCCCCCCCCCC)cc6CCCCCCCCCCCC)nc5CCCCCCCCCCCC)=C4C(=O)N3)s2)s1. The van der Waals surface area contributed by atoms with Crippen LogP contribution in [0.4, 0.5) is 0 Å². The molecule has 0 spiro atoms. The Morgan fingerprint density at radius 2 is 0.473 bits per heavy atom. The fourth-order valence-corrected chi connectivity index (χ4v) is 24.3. The third-order valence-electron chi connectivity index (χ3n) is 24.2. The third kappa shape index (κ3) is 33.3. The number of aryl methyl sites for hydroxylation is 6. The third-order valence-corrected chi connectivity index (χ3v) is 31.4. The second kappa shape index (κ2) is 58.4. The second-order valence-corrected chi connectivity index (χ2v) is 40.0. The van der Waals surface area contributed by atoms with Gasteiger partial charge < -0.3 is 10.6 Å². The number of hydrogen-bond donors (Lipinski definition) is 2. The predicted molar refractivity (Wildman–Crippen MR) is 501 cm³/mol. The van der Waals surface area contributed by atoms with Gasteiger partial charge in [0.2, 0.25) is 0 Å². The zero-order valence-electron chi connectivity index (χ0n) is 72.3. The summed E-state index contributed by atoms with van der Waals surface area (Å²) in [5, 5.41) is 13.7. The zero-order chi connectivity index (χ0) is 78.7. The summed E-state index contributed by atoms with van der Waals surface area (Å²) in [5.41, 5.74) is 10.2. The van der Waals surface area contributed by atoms with Gasteiger partial charge in [0.1, 0.15) is 10.0 Å². The number of rotatable bonds is 72. The summed E-state index contributed by atoms with van der Waals surface area (Å²) in [6.07, 6.45) is 84.7. The minimum absolute atomic E-state index is 0.182. The van der Waals surface area contributed by atoms with E-state index in [1.165, 1.54) is 411 Å². The van der Waals surface area contributed by atoms with Crippen LogP contribution in [0.3, 0.4) is 0 Å². The van der Waals surface area contributed by atoms with Crippen LogP contribution in [0.2, 0.25) is 0 Å². The summed E-state index contributed by atoms with van der Waals surface area (Å²) < 4.78 is 0. The first-order valence-electron chi connectivity index (χ1n) is 47.8.